The van der Waals surface area contributed by atoms with Crippen LogP contribution in [0.25, 0.3) is 10.2 Å². The van der Waals surface area contributed by atoms with E-state index in [0.29, 0.717) is 0 Å². The summed E-state index contributed by atoms with van der Waals surface area (Å²) in [5, 5.41) is 6.67. The van der Waals surface area contributed by atoms with Crippen molar-refractivity contribution in [1.82, 2.24) is 15.3 Å². The van der Waals surface area contributed by atoms with E-state index in [0.717, 1.165) is 45.1 Å². The smallest absolute Gasteiger partial charge is 0.151 e. The SMILES string of the molecule is CS(=O)(=O)Cc1ccc(Nc2ncnc3cc(C#C[C@H]4CCCN4)sc23)cc1. The van der Waals surface area contributed by atoms with Crippen LogP contribution in [-0.4, -0.2) is 37.2 Å². The molecule has 0 amide bonds. The Morgan fingerprint density at radius 2 is 2.11 bits per heavy atom. The Hall–Kier alpha value is -2.47. The number of hydrogen-bond donors (Lipinski definition) is 2. The molecule has 1 aliphatic rings. The molecule has 4 rings (SSSR count). The number of hydrogen-bond acceptors (Lipinski definition) is 7. The van der Waals surface area contributed by atoms with Gasteiger partial charge in [-0.05, 0) is 43.1 Å². The Bertz CT molecular complexity index is 1150. The van der Waals surface area contributed by atoms with Crippen LogP contribution in [0.3, 0.4) is 0 Å². The molecule has 0 unspecified atom stereocenters. The summed E-state index contributed by atoms with van der Waals surface area (Å²) in [5.41, 5.74) is 2.46. The fourth-order valence-corrected chi connectivity index (χ4v) is 4.81. The quantitative estimate of drug-likeness (QED) is 0.641. The van der Waals surface area contributed by atoms with E-state index < -0.39 is 9.84 Å². The Kier molecular flexibility index (Phi) is 5.31. The maximum absolute atomic E-state index is 11.4. The molecule has 1 fully saturated rings. The number of nitrogens with one attached hydrogen (secondary N) is 2. The summed E-state index contributed by atoms with van der Waals surface area (Å²) in [4.78, 5) is 9.68. The van der Waals surface area contributed by atoms with Gasteiger partial charge in [0.1, 0.15) is 6.33 Å². The van der Waals surface area contributed by atoms with Crippen molar-refractivity contribution in [3.63, 3.8) is 0 Å². The maximum atomic E-state index is 11.4. The molecule has 28 heavy (non-hydrogen) atoms. The third-order valence-electron chi connectivity index (χ3n) is 4.39. The monoisotopic (exact) mass is 412 g/mol. The molecule has 0 spiro atoms. The summed E-state index contributed by atoms with van der Waals surface area (Å²) in [5.74, 6) is 7.29. The molecule has 2 N–H and O–H groups in total. The summed E-state index contributed by atoms with van der Waals surface area (Å²) in [6.45, 7) is 1.04. The van der Waals surface area contributed by atoms with Gasteiger partial charge in [0.05, 0.1) is 26.9 Å². The van der Waals surface area contributed by atoms with Crippen molar-refractivity contribution < 1.29 is 8.42 Å². The summed E-state index contributed by atoms with van der Waals surface area (Å²) < 4.78 is 23.8. The third kappa shape index (κ3) is 4.68. The lowest BCUT2D eigenvalue weighted by molar-refractivity contribution is 0.601. The first kappa shape index (κ1) is 18.9. The topological polar surface area (TPSA) is 84.0 Å². The van der Waals surface area contributed by atoms with Gasteiger partial charge in [0.2, 0.25) is 0 Å². The lowest BCUT2D eigenvalue weighted by Gasteiger charge is -2.07. The van der Waals surface area contributed by atoms with Crippen LogP contribution in [0, 0.1) is 11.8 Å². The Balaban J connectivity index is 1.55. The molecule has 2 aromatic heterocycles. The lowest BCUT2D eigenvalue weighted by Crippen LogP contribution is -2.18. The lowest BCUT2D eigenvalue weighted by atomic mass is 10.2. The van der Waals surface area contributed by atoms with E-state index in [4.69, 9.17) is 0 Å². The molecule has 3 aromatic rings. The largest absolute Gasteiger partial charge is 0.339 e. The third-order valence-corrected chi connectivity index (χ3v) is 6.29. The van der Waals surface area contributed by atoms with Crippen molar-refractivity contribution in [1.29, 1.82) is 0 Å². The molecule has 1 aromatic carbocycles. The van der Waals surface area contributed by atoms with Gasteiger partial charge in [-0.3, -0.25) is 0 Å². The van der Waals surface area contributed by atoms with Crippen LogP contribution in [0.4, 0.5) is 11.5 Å². The first-order valence-electron chi connectivity index (χ1n) is 8.99. The molecule has 0 saturated carbocycles. The average molecular weight is 413 g/mol. The van der Waals surface area contributed by atoms with Crippen molar-refractivity contribution in [3.05, 3.63) is 47.1 Å². The summed E-state index contributed by atoms with van der Waals surface area (Å²) in [6.07, 6.45) is 5.04. The van der Waals surface area contributed by atoms with Crippen molar-refractivity contribution >= 4 is 42.9 Å². The maximum Gasteiger partial charge on any atom is 0.151 e. The average Bonchev–Trinajstić information content (AvgIpc) is 3.30. The van der Waals surface area contributed by atoms with Gasteiger partial charge in [0.25, 0.3) is 0 Å². The van der Waals surface area contributed by atoms with Gasteiger partial charge in [-0.25, -0.2) is 18.4 Å². The molecule has 144 valence electrons. The zero-order valence-electron chi connectivity index (χ0n) is 15.4. The molecule has 8 heteroatoms. The van der Waals surface area contributed by atoms with E-state index in [-0.39, 0.29) is 11.8 Å². The van der Waals surface area contributed by atoms with Crippen LogP contribution in [0.15, 0.2) is 36.7 Å². The molecule has 0 bridgehead atoms. The predicted octanol–water partition coefficient (Wildman–Crippen LogP) is 3.08. The fourth-order valence-electron chi connectivity index (χ4n) is 3.09. The van der Waals surface area contributed by atoms with E-state index in [1.807, 2.05) is 30.3 Å². The summed E-state index contributed by atoms with van der Waals surface area (Å²) >= 11 is 1.57. The van der Waals surface area contributed by atoms with Crippen LogP contribution >= 0.6 is 11.3 Å². The zero-order chi connectivity index (χ0) is 19.6. The van der Waals surface area contributed by atoms with Crippen molar-refractivity contribution in [2.45, 2.75) is 24.6 Å². The highest BCUT2D eigenvalue weighted by Gasteiger charge is 2.12. The number of rotatable bonds is 4. The van der Waals surface area contributed by atoms with Gasteiger partial charge >= 0.3 is 0 Å². The number of thiophene rings is 1. The molecule has 3 heterocycles. The number of fused-ring (bicyclic) bond motifs is 1. The van der Waals surface area contributed by atoms with E-state index >= 15 is 0 Å². The van der Waals surface area contributed by atoms with Crippen LogP contribution in [0.2, 0.25) is 0 Å². The minimum absolute atomic E-state index is 0.0356. The molecular weight excluding hydrogens is 392 g/mol. The highest BCUT2D eigenvalue weighted by atomic mass is 32.2. The molecule has 1 saturated heterocycles. The second-order valence-electron chi connectivity index (χ2n) is 6.86. The van der Waals surface area contributed by atoms with Gasteiger partial charge in [0, 0.05) is 11.9 Å². The highest BCUT2D eigenvalue weighted by molar-refractivity contribution is 7.89. The highest BCUT2D eigenvalue weighted by Crippen LogP contribution is 2.30. The minimum Gasteiger partial charge on any atom is -0.339 e. The molecule has 1 aliphatic heterocycles. The fraction of sp³-hybridized carbons (Fsp3) is 0.300. The van der Waals surface area contributed by atoms with Gasteiger partial charge in [-0.2, -0.15) is 0 Å². The van der Waals surface area contributed by atoms with Crippen LogP contribution in [-0.2, 0) is 15.6 Å². The number of anilines is 2. The Morgan fingerprint density at radius 3 is 2.82 bits per heavy atom. The molecule has 6 nitrogen and oxygen atoms in total. The van der Waals surface area contributed by atoms with Gasteiger partial charge in [0.15, 0.2) is 15.7 Å². The van der Waals surface area contributed by atoms with Gasteiger partial charge < -0.3 is 10.6 Å². The number of aromatic nitrogens is 2. The minimum atomic E-state index is -3.04. The molecule has 1 atom stereocenters. The number of benzene rings is 1. The Labute approximate surface area is 168 Å². The molecular formula is C20H20N4O2S2. The van der Waals surface area contributed by atoms with Gasteiger partial charge in [-0.15, -0.1) is 11.3 Å². The second-order valence-corrected chi connectivity index (χ2v) is 10.0. The normalized spacial score (nSPS) is 16.7. The van der Waals surface area contributed by atoms with E-state index in [9.17, 15) is 8.42 Å². The van der Waals surface area contributed by atoms with Gasteiger partial charge in [-0.1, -0.05) is 24.0 Å². The van der Waals surface area contributed by atoms with E-state index in [1.54, 1.807) is 11.3 Å². The van der Waals surface area contributed by atoms with Crippen molar-refractivity contribution in [2.24, 2.45) is 0 Å². The standard InChI is InChI=1S/C20H20N4O2S2/c1-28(25,26)12-14-4-6-16(7-5-14)24-20-19-18(22-13-23-20)11-17(27-19)9-8-15-3-2-10-21-15/h4-7,11,13,15,21H,2-3,10,12H2,1H3,(H,22,23,24)/t15-/m1/s1. The first-order chi connectivity index (χ1) is 13.5. The first-order valence-corrected chi connectivity index (χ1v) is 11.9. The summed E-state index contributed by atoms with van der Waals surface area (Å²) in [6, 6.07) is 9.59. The van der Waals surface area contributed by atoms with Crippen molar-refractivity contribution in [2.75, 3.05) is 18.1 Å². The predicted molar refractivity (Wildman–Crippen MR) is 114 cm³/mol. The van der Waals surface area contributed by atoms with Crippen LogP contribution in [0.5, 0.6) is 0 Å². The molecule has 0 radical (unpaired) electrons. The number of nitrogens with zero attached hydrogens (tertiary/aromatic N) is 2. The summed E-state index contributed by atoms with van der Waals surface area (Å²) in [7, 11) is -3.04. The second kappa shape index (κ2) is 7.87. The Morgan fingerprint density at radius 1 is 1.29 bits per heavy atom. The van der Waals surface area contributed by atoms with E-state index in [2.05, 4.69) is 32.4 Å². The number of sulfone groups is 1. The molecule has 0 aliphatic carbocycles. The van der Waals surface area contributed by atoms with Crippen LogP contribution in [0.1, 0.15) is 23.3 Å². The zero-order valence-corrected chi connectivity index (χ0v) is 17.0. The van der Waals surface area contributed by atoms with Crippen LogP contribution < -0.4 is 10.6 Å². The van der Waals surface area contributed by atoms with Crippen molar-refractivity contribution in [3.8, 4) is 11.8 Å². The van der Waals surface area contributed by atoms with E-state index in [1.165, 1.54) is 19.0 Å².